The highest BCUT2D eigenvalue weighted by Gasteiger charge is 2.20. The van der Waals surface area contributed by atoms with E-state index in [2.05, 4.69) is 10.2 Å². The Morgan fingerprint density at radius 3 is 2.73 bits per heavy atom. The fourth-order valence-corrected chi connectivity index (χ4v) is 3.12. The monoisotopic (exact) mass is 361 g/mol. The standard InChI is InChI=1S/C20H31N3O3/c1-3-21-19(24)16-22-11-7-12-23(14-13-22)20(25)10-6-15-26-18-9-5-4-8-17(18)2/h4-5,8-9H,3,6-7,10-16H2,1-2H3,(H,21,24). The Bertz CT molecular complexity index is 591. The molecule has 1 aromatic rings. The van der Waals surface area contributed by atoms with E-state index in [1.54, 1.807) is 0 Å². The number of carbonyl (C=O) groups excluding carboxylic acids is 2. The number of nitrogens with one attached hydrogen (secondary N) is 1. The highest BCUT2D eigenvalue weighted by Crippen LogP contribution is 2.16. The van der Waals surface area contributed by atoms with E-state index in [9.17, 15) is 9.59 Å². The number of amides is 2. The number of likely N-dealkylation sites (N-methyl/N-ethyl adjacent to an activating group) is 1. The van der Waals surface area contributed by atoms with Crippen molar-refractivity contribution in [2.24, 2.45) is 0 Å². The Labute approximate surface area is 156 Å². The van der Waals surface area contributed by atoms with Crippen molar-refractivity contribution in [1.82, 2.24) is 15.1 Å². The van der Waals surface area contributed by atoms with Gasteiger partial charge in [0.15, 0.2) is 0 Å². The summed E-state index contributed by atoms with van der Waals surface area (Å²) in [6.07, 6.45) is 2.12. The first-order valence-electron chi connectivity index (χ1n) is 9.55. The summed E-state index contributed by atoms with van der Waals surface area (Å²) >= 11 is 0. The first kappa shape index (κ1) is 20.2. The van der Waals surface area contributed by atoms with Crippen molar-refractivity contribution in [2.75, 3.05) is 45.9 Å². The van der Waals surface area contributed by atoms with Gasteiger partial charge in [-0.2, -0.15) is 0 Å². The number of aryl methyl sites for hydroxylation is 1. The number of ether oxygens (including phenoxy) is 1. The second-order valence-electron chi connectivity index (χ2n) is 6.68. The predicted octanol–water partition coefficient (Wildman–Crippen LogP) is 1.82. The van der Waals surface area contributed by atoms with E-state index < -0.39 is 0 Å². The maximum Gasteiger partial charge on any atom is 0.234 e. The summed E-state index contributed by atoms with van der Waals surface area (Å²) in [4.78, 5) is 28.2. The molecule has 0 atom stereocenters. The van der Waals surface area contributed by atoms with Crippen LogP contribution in [-0.4, -0.2) is 67.5 Å². The molecule has 144 valence electrons. The van der Waals surface area contributed by atoms with Gasteiger partial charge in [-0.1, -0.05) is 18.2 Å². The minimum Gasteiger partial charge on any atom is -0.493 e. The van der Waals surface area contributed by atoms with Crippen LogP contribution in [0.3, 0.4) is 0 Å². The van der Waals surface area contributed by atoms with Gasteiger partial charge in [0.1, 0.15) is 5.75 Å². The molecule has 6 heteroatoms. The lowest BCUT2D eigenvalue weighted by molar-refractivity contribution is -0.131. The van der Waals surface area contributed by atoms with Crippen LogP contribution in [-0.2, 0) is 9.59 Å². The molecule has 2 amide bonds. The first-order valence-corrected chi connectivity index (χ1v) is 9.55. The van der Waals surface area contributed by atoms with Crippen LogP contribution in [0.15, 0.2) is 24.3 Å². The van der Waals surface area contributed by atoms with Gasteiger partial charge in [0.2, 0.25) is 11.8 Å². The van der Waals surface area contributed by atoms with Crippen molar-refractivity contribution < 1.29 is 14.3 Å². The second kappa shape index (κ2) is 10.8. The summed E-state index contributed by atoms with van der Waals surface area (Å²) < 4.78 is 5.76. The third-order valence-corrected chi connectivity index (χ3v) is 4.57. The van der Waals surface area contributed by atoms with E-state index >= 15 is 0 Å². The number of benzene rings is 1. The number of rotatable bonds is 8. The number of para-hydroxylation sites is 1. The van der Waals surface area contributed by atoms with E-state index in [-0.39, 0.29) is 11.8 Å². The Morgan fingerprint density at radius 2 is 1.96 bits per heavy atom. The lowest BCUT2D eigenvalue weighted by Gasteiger charge is -2.21. The SMILES string of the molecule is CCNC(=O)CN1CCCN(C(=O)CCCOc2ccccc2C)CC1. The topological polar surface area (TPSA) is 61.9 Å². The normalized spacial score (nSPS) is 15.4. The van der Waals surface area contributed by atoms with Crippen LogP contribution in [0.5, 0.6) is 5.75 Å². The summed E-state index contributed by atoms with van der Waals surface area (Å²) in [6.45, 7) is 8.63. The van der Waals surface area contributed by atoms with Crippen LogP contribution < -0.4 is 10.1 Å². The lowest BCUT2D eigenvalue weighted by atomic mass is 10.2. The van der Waals surface area contributed by atoms with Gasteiger partial charge in [0, 0.05) is 39.1 Å². The molecule has 2 rings (SSSR count). The summed E-state index contributed by atoms with van der Waals surface area (Å²) in [7, 11) is 0. The molecule has 0 bridgehead atoms. The highest BCUT2D eigenvalue weighted by molar-refractivity contribution is 5.78. The van der Waals surface area contributed by atoms with Crippen LogP contribution >= 0.6 is 0 Å². The molecule has 0 spiro atoms. The van der Waals surface area contributed by atoms with Gasteiger partial charge in [-0.25, -0.2) is 0 Å². The lowest BCUT2D eigenvalue weighted by Crippen LogP contribution is -2.40. The molecule has 6 nitrogen and oxygen atoms in total. The molecule has 1 N–H and O–H groups in total. The fourth-order valence-electron chi connectivity index (χ4n) is 3.12. The average Bonchev–Trinajstić information content (AvgIpc) is 2.86. The average molecular weight is 361 g/mol. The van der Waals surface area contributed by atoms with Gasteiger partial charge in [0.05, 0.1) is 13.2 Å². The highest BCUT2D eigenvalue weighted by atomic mass is 16.5. The molecular weight excluding hydrogens is 330 g/mol. The Morgan fingerprint density at radius 1 is 1.15 bits per heavy atom. The fraction of sp³-hybridized carbons (Fsp3) is 0.600. The third kappa shape index (κ3) is 6.67. The molecule has 1 heterocycles. The summed E-state index contributed by atoms with van der Waals surface area (Å²) in [5.74, 6) is 1.12. The van der Waals surface area contributed by atoms with Crippen LogP contribution in [0.2, 0.25) is 0 Å². The molecule has 1 saturated heterocycles. The zero-order valence-corrected chi connectivity index (χ0v) is 16.0. The van der Waals surface area contributed by atoms with E-state index in [4.69, 9.17) is 4.74 Å². The minimum absolute atomic E-state index is 0.0561. The zero-order chi connectivity index (χ0) is 18.8. The number of hydrogen-bond donors (Lipinski definition) is 1. The Kier molecular flexibility index (Phi) is 8.41. The molecule has 0 saturated carbocycles. The van der Waals surface area contributed by atoms with Crippen molar-refractivity contribution in [1.29, 1.82) is 0 Å². The van der Waals surface area contributed by atoms with Crippen molar-refractivity contribution in [3.8, 4) is 5.75 Å². The van der Waals surface area contributed by atoms with Crippen molar-refractivity contribution in [3.63, 3.8) is 0 Å². The molecule has 0 radical (unpaired) electrons. The zero-order valence-electron chi connectivity index (χ0n) is 16.0. The second-order valence-corrected chi connectivity index (χ2v) is 6.68. The minimum atomic E-state index is 0.0561. The van der Waals surface area contributed by atoms with Crippen LogP contribution in [0, 0.1) is 6.92 Å². The summed E-state index contributed by atoms with van der Waals surface area (Å²) in [6, 6.07) is 7.91. The van der Waals surface area contributed by atoms with Gasteiger partial charge in [0.25, 0.3) is 0 Å². The molecule has 1 aromatic carbocycles. The molecule has 1 fully saturated rings. The van der Waals surface area contributed by atoms with Crippen LogP contribution in [0.1, 0.15) is 31.7 Å². The number of carbonyl (C=O) groups is 2. The smallest absolute Gasteiger partial charge is 0.234 e. The predicted molar refractivity (Wildman–Crippen MR) is 102 cm³/mol. The largest absolute Gasteiger partial charge is 0.493 e. The van der Waals surface area contributed by atoms with Crippen LogP contribution in [0.25, 0.3) is 0 Å². The quantitative estimate of drug-likeness (QED) is 0.718. The Hall–Kier alpha value is -2.08. The molecular formula is C20H31N3O3. The van der Waals surface area contributed by atoms with Crippen molar-refractivity contribution in [2.45, 2.75) is 33.1 Å². The number of nitrogens with zero attached hydrogens (tertiary/aromatic N) is 2. The molecule has 0 unspecified atom stereocenters. The van der Waals surface area contributed by atoms with E-state index in [0.717, 1.165) is 37.4 Å². The summed E-state index contributed by atoms with van der Waals surface area (Å²) in [5, 5.41) is 2.82. The van der Waals surface area contributed by atoms with Gasteiger partial charge in [-0.05, 0) is 38.3 Å². The van der Waals surface area contributed by atoms with Crippen LogP contribution in [0.4, 0.5) is 0 Å². The molecule has 1 aliphatic rings. The van der Waals surface area contributed by atoms with Gasteiger partial charge in [-0.15, -0.1) is 0 Å². The van der Waals surface area contributed by atoms with E-state index in [1.807, 2.05) is 43.0 Å². The van der Waals surface area contributed by atoms with E-state index in [1.165, 1.54) is 0 Å². The maximum atomic E-state index is 12.4. The Balaban J connectivity index is 1.67. The summed E-state index contributed by atoms with van der Waals surface area (Å²) in [5.41, 5.74) is 1.11. The van der Waals surface area contributed by atoms with Crippen molar-refractivity contribution >= 4 is 11.8 Å². The third-order valence-electron chi connectivity index (χ3n) is 4.57. The van der Waals surface area contributed by atoms with Gasteiger partial charge < -0.3 is 15.0 Å². The van der Waals surface area contributed by atoms with Crippen molar-refractivity contribution in [3.05, 3.63) is 29.8 Å². The molecule has 0 aliphatic carbocycles. The van der Waals surface area contributed by atoms with E-state index in [0.29, 0.717) is 39.1 Å². The first-order chi connectivity index (χ1) is 12.6. The number of hydrogen-bond acceptors (Lipinski definition) is 4. The van der Waals surface area contributed by atoms with Gasteiger partial charge >= 0.3 is 0 Å². The maximum absolute atomic E-state index is 12.4. The van der Waals surface area contributed by atoms with Gasteiger partial charge in [-0.3, -0.25) is 14.5 Å². The molecule has 0 aromatic heterocycles. The molecule has 26 heavy (non-hydrogen) atoms. The molecule has 1 aliphatic heterocycles.